The number of nitrogens with zero attached hydrogens (tertiary/aromatic N) is 4. The fourth-order valence-corrected chi connectivity index (χ4v) is 4.38. The molecular formula is C23H28N4O3. The Bertz CT molecular complexity index is 1010. The predicted molar refractivity (Wildman–Crippen MR) is 115 cm³/mol. The lowest BCUT2D eigenvalue weighted by atomic mass is 9.94. The number of ether oxygens (including phenoxy) is 1. The molecule has 2 aliphatic heterocycles. The van der Waals surface area contributed by atoms with Crippen molar-refractivity contribution < 1.29 is 14.5 Å². The molecule has 2 aromatic carbocycles. The van der Waals surface area contributed by atoms with Crippen molar-refractivity contribution >= 4 is 16.7 Å². The molecule has 0 unspecified atom stereocenters. The fourth-order valence-electron chi connectivity index (χ4n) is 4.38. The van der Waals surface area contributed by atoms with E-state index in [1.54, 1.807) is 13.8 Å². The van der Waals surface area contributed by atoms with Crippen LogP contribution in [0.4, 0.5) is 5.69 Å². The van der Waals surface area contributed by atoms with Gasteiger partial charge in [-0.05, 0) is 53.0 Å². The monoisotopic (exact) mass is 408 g/mol. The van der Waals surface area contributed by atoms with E-state index in [2.05, 4.69) is 26.2 Å². The Balaban J connectivity index is 1.36. The van der Waals surface area contributed by atoms with Crippen molar-refractivity contribution in [3.8, 4) is 11.1 Å². The molecule has 158 valence electrons. The molecule has 3 heterocycles. The lowest BCUT2D eigenvalue weighted by Crippen LogP contribution is -2.53. The van der Waals surface area contributed by atoms with E-state index in [9.17, 15) is 5.11 Å². The SMILES string of the molecule is CC(C)(O)c1ccc(-c2cc(N3CC(CN4CCOCC4)C3)c3nonc3c2)cc1. The zero-order valence-electron chi connectivity index (χ0n) is 17.5. The van der Waals surface area contributed by atoms with Crippen LogP contribution in [0, 0.1) is 5.92 Å². The summed E-state index contributed by atoms with van der Waals surface area (Å²) in [5.74, 6) is 0.660. The van der Waals surface area contributed by atoms with Gasteiger partial charge in [0.1, 0.15) is 5.52 Å². The van der Waals surface area contributed by atoms with Crippen molar-refractivity contribution in [3.63, 3.8) is 0 Å². The summed E-state index contributed by atoms with van der Waals surface area (Å²) < 4.78 is 10.5. The van der Waals surface area contributed by atoms with Crippen LogP contribution in [0.3, 0.4) is 0 Å². The van der Waals surface area contributed by atoms with Crippen molar-refractivity contribution in [3.05, 3.63) is 42.0 Å². The highest BCUT2D eigenvalue weighted by Gasteiger charge is 2.31. The molecule has 3 aromatic rings. The molecular weight excluding hydrogens is 380 g/mol. The van der Waals surface area contributed by atoms with Gasteiger partial charge in [-0.1, -0.05) is 24.3 Å². The van der Waals surface area contributed by atoms with Crippen LogP contribution in [0.5, 0.6) is 0 Å². The van der Waals surface area contributed by atoms with Gasteiger partial charge in [-0.2, -0.15) is 0 Å². The minimum Gasteiger partial charge on any atom is -0.386 e. The van der Waals surface area contributed by atoms with Crippen LogP contribution in [-0.4, -0.2) is 66.3 Å². The molecule has 0 bridgehead atoms. The molecule has 0 aliphatic carbocycles. The Morgan fingerprint density at radius 3 is 2.47 bits per heavy atom. The quantitative estimate of drug-likeness (QED) is 0.696. The molecule has 0 atom stereocenters. The third-order valence-corrected chi connectivity index (χ3v) is 6.18. The van der Waals surface area contributed by atoms with Crippen LogP contribution in [-0.2, 0) is 10.3 Å². The first kappa shape index (κ1) is 19.5. The maximum Gasteiger partial charge on any atom is 0.158 e. The number of hydrogen-bond donors (Lipinski definition) is 1. The fraction of sp³-hybridized carbons (Fsp3) is 0.478. The lowest BCUT2D eigenvalue weighted by Gasteiger charge is -2.43. The van der Waals surface area contributed by atoms with E-state index in [-0.39, 0.29) is 0 Å². The number of aliphatic hydroxyl groups is 1. The first-order valence-electron chi connectivity index (χ1n) is 10.6. The second kappa shape index (κ2) is 7.65. The molecule has 7 nitrogen and oxygen atoms in total. The minimum absolute atomic E-state index is 0.660. The van der Waals surface area contributed by atoms with Crippen molar-refractivity contribution in [1.29, 1.82) is 0 Å². The Kier molecular flexibility index (Phi) is 4.97. The van der Waals surface area contributed by atoms with E-state index < -0.39 is 5.60 Å². The first-order chi connectivity index (χ1) is 14.5. The van der Waals surface area contributed by atoms with Crippen LogP contribution >= 0.6 is 0 Å². The average Bonchev–Trinajstić information content (AvgIpc) is 3.19. The van der Waals surface area contributed by atoms with Crippen LogP contribution in [0.1, 0.15) is 19.4 Å². The summed E-state index contributed by atoms with van der Waals surface area (Å²) in [6.07, 6.45) is 0. The van der Waals surface area contributed by atoms with Crippen LogP contribution in [0.2, 0.25) is 0 Å². The Hall–Kier alpha value is -2.48. The van der Waals surface area contributed by atoms with Crippen molar-refractivity contribution in [1.82, 2.24) is 15.2 Å². The van der Waals surface area contributed by atoms with E-state index >= 15 is 0 Å². The van der Waals surface area contributed by atoms with E-state index in [0.717, 1.165) is 79.3 Å². The average molecular weight is 409 g/mol. The summed E-state index contributed by atoms with van der Waals surface area (Å²) in [4.78, 5) is 4.87. The summed E-state index contributed by atoms with van der Waals surface area (Å²) >= 11 is 0. The lowest BCUT2D eigenvalue weighted by molar-refractivity contribution is 0.0286. The third kappa shape index (κ3) is 3.80. The van der Waals surface area contributed by atoms with E-state index in [1.807, 2.05) is 30.3 Å². The van der Waals surface area contributed by atoms with E-state index in [4.69, 9.17) is 9.37 Å². The zero-order valence-corrected chi connectivity index (χ0v) is 17.5. The molecule has 2 aliphatic rings. The predicted octanol–water partition coefficient (Wildman–Crippen LogP) is 2.89. The molecule has 0 amide bonds. The molecule has 2 saturated heterocycles. The third-order valence-electron chi connectivity index (χ3n) is 6.18. The van der Waals surface area contributed by atoms with Gasteiger partial charge in [0.15, 0.2) is 5.52 Å². The standard InChI is InChI=1S/C23H28N4O3/c1-23(2,28)19-5-3-17(4-6-19)18-11-20-22(25-30-24-20)21(12-18)27-14-16(15-27)13-26-7-9-29-10-8-26/h3-6,11-12,16,28H,7-10,13-15H2,1-2H3. The number of hydrogen-bond acceptors (Lipinski definition) is 7. The van der Waals surface area contributed by atoms with Gasteiger partial charge in [0.25, 0.3) is 0 Å². The van der Waals surface area contributed by atoms with Gasteiger partial charge in [-0.3, -0.25) is 4.90 Å². The highest BCUT2D eigenvalue weighted by atomic mass is 16.6. The van der Waals surface area contributed by atoms with Gasteiger partial charge in [0.05, 0.1) is 24.5 Å². The molecule has 7 heteroatoms. The molecule has 1 aromatic heterocycles. The molecule has 30 heavy (non-hydrogen) atoms. The van der Waals surface area contributed by atoms with Crippen molar-refractivity contribution in [2.24, 2.45) is 5.92 Å². The van der Waals surface area contributed by atoms with Gasteiger partial charge < -0.3 is 14.7 Å². The topological polar surface area (TPSA) is 74.9 Å². The zero-order chi connectivity index (χ0) is 20.7. The Morgan fingerprint density at radius 1 is 1.03 bits per heavy atom. The number of rotatable bonds is 5. The number of morpholine rings is 1. The van der Waals surface area contributed by atoms with Crippen LogP contribution in [0.25, 0.3) is 22.2 Å². The number of benzene rings is 2. The molecule has 0 spiro atoms. The summed E-state index contributed by atoms with van der Waals surface area (Å²) in [6, 6.07) is 12.2. The van der Waals surface area contributed by atoms with Gasteiger partial charge in [-0.25, -0.2) is 4.63 Å². The number of anilines is 1. The largest absolute Gasteiger partial charge is 0.386 e. The van der Waals surface area contributed by atoms with Gasteiger partial charge in [0.2, 0.25) is 0 Å². The normalized spacial score (nSPS) is 18.7. The highest BCUT2D eigenvalue weighted by Crippen LogP contribution is 2.35. The van der Waals surface area contributed by atoms with Crippen LogP contribution < -0.4 is 4.90 Å². The maximum atomic E-state index is 10.2. The smallest absolute Gasteiger partial charge is 0.158 e. The van der Waals surface area contributed by atoms with Crippen LogP contribution in [0.15, 0.2) is 41.0 Å². The number of fused-ring (bicyclic) bond motifs is 1. The molecule has 1 N–H and O–H groups in total. The number of aromatic nitrogens is 2. The molecule has 5 rings (SSSR count). The van der Waals surface area contributed by atoms with Crippen molar-refractivity contribution in [2.45, 2.75) is 19.4 Å². The molecule has 2 fully saturated rings. The second-order valence-electron chi connectivity index (χ2n) is 8.95. The Morgan fingerprint density at radius 2 is 1.77 bits per heavy atom. The summed E-state index contributed by atoms with van der Waals surface area (Å²) in [5.41, 5.74) is 4.86. The highest BCUT2D eigenvalue weighted by molar-refractivity contribution is 5.93. The molecule has 0 saturated carbocycles. The van der Waals surface area contributed by atoms with E-state index in [0.29, 0.717) is 5.92 Å². The summed E-state index contributed by atoms with van der Waals surface area (Å²) in [6.45, 7) is 10.5. The van der Waals surface area contributed by atoms with Crippen molar-refractivity contribution in [2.75, 3.05) is 50.8 Å². The van der Waals surface area contributed by atoms with E-state index in [1.165, 1.54) is 0 Å². The molecule has 0 radical (unpaired) electrons. The summed E-state index contributed by atoms with van der Waals surface area (Å²) in [5, 5.41) is 18.5. The first-order valence-corrected chi connectivity index (χ1v) is 10.6. The van der Waals surface area contributed by atoms with Gasteiger partial charge in [-0.15, -0.1) is 0 Å². The van der Waals surface area contributed by atoms with Gasteiger partial charge in [0, 0.05) is 38.6 Å². The second-order valence-corrected chi connectivity index (χ2v) is 8.95. The minimum atomic E-state index is -0.850. The maximum absolute atomic E-state index is 10.2. The van der Waals surface area contributed by atoms with Gasteiger partial charge >= 0.3 is 0 Å². The Labute approximate surface area is 176 Å². The summed E-state index contributed by atoms with van der Waals surface area (Å²) in [7, 11) is 0.